The van der Waals surface area contributed by atoms with Crippen molar-refractivity contribution in [3.63, 3.8) is 0 Å². The first-order valence-electron chi connectivity index (χ1n) is 1.63. The third kappa shape index (κ3) is 231. The van der Waals surface area contributed by atoms with Gasteiger partial charge in [-0.25, -0.2) is 0 Å². The van der Waals surface area contributed by atoms with Gasteiger partial charge in [0.15, 0.2) is 0 Å². The SMILES string of the molecule is C1CN1.[N-]=[N+]=N. The van der Waals surface area contributed by atoms with Crippen molar-refractivity contribution in [3.05, 3.63) is 10.4 Å². The summed E-state index contributed by atoms with van der Waals surface area (Å²) >= 11 is 0. The van der Waals surface area contributed by atoms with Crippen molar-refractivity contribution < 1.29 is 0 Å². The third-order valence-electron chi connectivity index (χ3n) is 0.250. The van der Waals surface area contributed by atoms with Gasteiger partial charge in [0.25, 0.3) is 0 Å². The van der Waals surface area contributed by atoms with Crippen LogP contribution in [0.4, 0.5) is 0 Å². The van der Waals surface area contributed by atoms with Crippen molar-refractivity contribution in [2.24, 2.45) is 0 Å². The van der Waals surface area contributed by atoms with Crippen LogP contribution in [0.25, 0.3) is 10.4 Å². The highest BCUT2D eigenvalue weighted by Gasteiger charge is 1.91. The van der Waals surface area contributed by atoms with Gasteiger partial charge in [-0.15, -0.1) is 5.53 Å². The zero-order valence-corrected chi connectivity index (χ0v) is 3.31. The van der Waals surface area contributed by atoms with Crippen LogP contribution in [0.1, 0.15) is 0 Å². The van der Waals surface area contributed by atoms with Gasteiger partial charge in [0, 0.05) is 13.1 Å². The molecule has 0 saturated carbocycles. The lowest BCUT2D eigenvalue weighted by Gasteiger charge is -1.21. The molecule has 2 N–H and O–H groups in total. The van der Waals surface area contributed by atoms with Crippen molar-refractivity contribution in [1.29, 1.82) is 5.53 Å². The van der Waals surface area contributed by atoms with E-state index < -0.39 is 0 Å². The van der Waals surface area contributed by atoms with Crippen LogP contribution < -0.4 is 5.32 Å². The van der Waals surface area contributed by atoms with E-state index in [-0.39, 0.29) is 0 Å². The molecule has 4 heteroatoms. The first-order valence-corrected chi connectivity index (χ1v) is 1.63. The molecule has 1 aliphatic heterocycles. The summed E-state index contributed by atoms with van der Waals surface area (Å²) in [6.45, 7) is 2.50. The minimum atomic E-state index is 1.25. The molecule has 0 aliphatic carbocycles. The van der Waals surface area contributed by atoms with Crippen molar-refractivity contribution in [2.45, 2.75) is 0 Å². The summed E-state index contributed by atoms with van der Waals surface area (Å²) in [6.07, 6.45) is 0. The minimum Gasteiger partial charge on any atom is -0.314 e. The zero-order chi connectivity index (χ0) is 4.83. The Labute approximate surface area is 35.6 Å². The van der Waals surface area contributed by atoms with E-state index in [9.17, 15) is 0 Å². The summed E-state index contributed by atoms with van der Waals surface area (Å²) in [5.74, 6) is 0. The van der Waals surface area contributed by atoms with Gasteiger partial charge in [0.05, 0.1) is 0 Å². The number of nitrogens with one attached hydrogen (secondary N) is 2. The van der Waals surface area contributed by atoms with Gasteiger partial charge in [-0.05, 0) is 10.4 Å². The van der Waals surface area contributed by atoms with Crippen molar-refractivity contribution in [2.75, 3.05) is 13.1 Å². The fraction of sp³-hybridized carbons (Fsp3) is 1.00. The Balaban J connectivity index is 0.0000000833. The fourth-order valence-electron chi connectivity index (χ4n) is 0. The molecule has 1 saturated heterocycles. The van der Waals surface area contributed by atoms with Crippen LogP contribution in [0.2, 0.25) is 0 Å². The van der Waals surface area contributed by atoms with Crippen LogP contribution in [0.3, 0.4) is 0 Å². The molecule has 0 bridgehead atoms. The molecule has 34 valence electrons. The zero-order valence-electron chi connectivity index (χ0n) is 3.31. The van der Waals surface area contributed by atoms with Crippen molar-refractivity contribution in [3.8, 4) is 0 Å². The summed E-state index contributed by atoms with van der Waals surface area (Å²) in [5, 5.41) is 3.00. The van der Waals surface area contributed by atoms with Crippen LogP contribution >= 0.6 is 0 Å². The molecule has 4 nitrogen and oxygen atoms in total. The van der Waals surface area contributed by atoms with Gasteiger partial charge < -0.3 is 5.32 Å². The molecule has 0 aromatic heterocycles. The number of nitrogens with zero attached hydrogens (tertiary/aromatic N) is 2. The van der Waals surface area contributed by atoms with Crippen molar-refractivity contribution in [1.82, 2.24) is 5.32 Å². The van der Waals surface area contributed by atoms with Gasteiger partial charge in [-0.1, -0.05) is 0 Å². The number of rotatable bonds is 0. The lowest BCUT2D eigenvalue weighted by atomic mass is 11.0. The smallest absolute Gasteiger partial charge is 0.00772 e. The van der Waals surface area contributed by atoms with Gasteiger partial charge >= 0.3 is 0 Å². The summed E-state index contributed by atoms with van der Waals surface area (Å²) in [6, 6.07) is 0. The molecule has 0 amide bonds. The van der Waals surface area contributed by atoms with Crippen molar-refractivity contribution >= 4 is 0 Å². The molecule has 0 spiro atoms. The first-order chi connectivity index (χ1) is 2.91. The summed E-state index contributed by atoms with van der Waals surface area (Å²) in [4.78, 5) is 1.75. The predicted octanol–water partition coefficient (Wildman–Crippen LogP) is 0.465. The maximum absolute atomic E-state index is 6.86. The monoisotopic (exact) mass is 86.1 g/mol. The molecule has 1 aliphatic rings. The van der Waals surface area contributed by atoms with Crippen LogP contribution in [-0.4, -0.2) is 13.1 Å². The minimum absolute atomic E-state index is 1.25. The standard InChI is InChI=1S/C2H5N.HN3/c1-2-3-1;1-3-2/h3H,1-2H2;1H. The van der Waals surface area contributed by atoms with Gasteiger partial charge in [-0.3, -0.25) is 0 Å². The molecule has 0 aromatic carbocycles. The Morgan fingerprint density at radius 2 is 1.83 bits per heavy atom. The topological polar surface area (TPSA) is 82.2 Å². The number of hydrogen-bond donors (Lipinski definition) is 2. The van der Waals surface area contributed by atoms with Crippen LogP contribution in [0.5, 0.6) is 0 Å². The molecule has 0 aromatic rings. The molecular weight excluding hydrogens is 80.0 g/mol. The predicted molar refractivity (Wildman–Crippen MR) is 22.3 cm³/mol. The van der Waals surface area contributed by atoms with Crippen LogP contribution in [-0.2, 0) is 0 Å². The largest absolute Gasteiger partial charge is 0.314 e. The molecule has 0 radical (unpaired) electrons. The maximum atomic E-state index is 6.86. The normalized spacial score (nSPS) is 13.3. The highest BCUT2D eigenvalue weighted by Crippen LogP contribution is 1.65. The quantitative estimate of drug-likeness (QED) is 0.191. The lowest BCUT2D eigenvalue weighted by Crippen LogP contribution is -1.56. The molecule has 1 rings (SSSR count). The third-order valence-corrected chi connectivity index (χ3v) is 0.250. The number of hydrogen-bond acceptors (Lipinski definition) is 2. The van der Waals surface area contributed by atoms with E-state index in [0.29, 0.717) is 0 Å². The van der Waals surface area contributed by atoms with E-state index in [1.165, 1.54) is 13.1 Å². The highest BCUT2D eigenvalue weighted by atomic mass is 15.0. The summed E-state index contributed by atoms with van der Waals surface area (Å²) in [5.41, 5.74) is 12.2. The summed E-state index contributed by atoms with van der Waals surface area (Å²) < 4.78 is 0. The molecular formula is C2H6N4. The first kappa shape index (κ1) is 5.27. The maximum Gasteiger partial charge on any atom is 0.00772 e. The molecule has 0 unspecified atom stereocenters. The van der Waals surface area contributed by atoms with Crippen LogP contribution in [0.15, 0.2) is 0 Å². The molecule has 1 heterocycles. The van der Waals surface area contributed by atoms with E-state index in [4.69, 9.17) is 11.1 Å². The van der Waals surface area contributed by atoms with Gasteiger partial charge in [0.2, 0.25) is 0 Å². The van der Waals surface area contributed by atoms with E-state index in [1.807, 2.05) is 0 Å². The van der Waals surface area contributed by atoms with E-state index in [2.05, 4.69) is 5.32 Å². The Hall–Kier alpha value is -0.730. The van der Waals surface area contributed by atoms with Gasteiger partial charge in [-0.2, -0.15) is 0 Å². The highest BCUT2D eigenvalue weighted by molar-refractivity contribution is 4.58. The Kier molecular flexibility index (Phi) is 3.75. The average molecular weight is 86.1 g/mol. The second kappa shape index (κ2) is 4.27. The van der Waals surface area contributed by atoms with E-state index in [1.54, 1.807) is 4.91 Å². The molecule has 6 heavy (non-hydrogen) atoms. The lowest BCUT2D eigenvalue weighted by molar-refractivity contribution is 1.34. The molecule has 0 atom stereocenters. The average Bonchev–Trinajstić information content (AvgIpc) is 2.11. The Bertz CT molecular complexity index is 47.8. The van der Waals surface area contributed by atoms with Gasteiger partial charge in [0.1, 0.15) is 0 Å². The second-order valence-corrected chi connectivity index (χ2v) is 0.850. The summed E-state index contributed by atoms with van der Waals surface area (Å²) in [7, 11) is 0. The van der Waals surface area contributed by atoms with E-state index in [0.717, 1.165) is 0 Å². The van der Waals surface area contributed by atoms with Crippen LogP contribution in [0, 0.1) is 5.53 Å². The Morgan fingerprint density at radius 3 is 1.83 bits per heavy atom. The second-order valence-electron chi connectivity index (χ2n) is 0.850. The Morgan fingerprint density at radius 1 is 1.67 bits per heavy atom. The molecule has 1 fully saturated rings. The fourth-order valence-corrected chi connectivity index (χ4v) is 0. The van der Waals surface area contributed by atoms with E-state index >= 15 is 0 Å².